The lowest BCUT2D eigenvalue weighted by molar-refractivity contribution is -0.132. The van der Waals surface area contributed by atoms with E-state index in [0.717, 1.165) is 6.42 Å². The van der Waals surface area contributed by atoms with Gasteiger partial charge in [-0.05, 0) is 12.3 Å². The Morgan fingerprint density at radius 2 is 2.60 bits per heavy atom. The molecule has 0 aromatic rings. The number of allylic oxidation sites excluding steroid dienone is 1. The van der Waals surface area contributed by atoms with E-state index in [9.17, 15) is 4.79 Å². The maximum atomic E-state index is 10.9. The molecular weight excluding hydrogens is 130 g/mol. The molecule has 3 nitrogen and oxygen atoms in total. The first kappa shape index (κ1) is 7.28. The van der Waals surface area contributed by atoms with E-state index in [2.05, 4.69) is 16.9 Å². The minimum absolute atomic E-state index is 0.0348. The largest absolute Gasteiger partial charge is 0.277 e. The fourth-order valence-electron chi connectivity index (χ4n) is 0.953. The average molecular weight is 141 g/mol. The standard InChI is InChI=1S/C7H11NO2/c1-3-5-4-6(5)7(9)8-10-2/h3,5-6H,1,4H2,2H3,(H,8,9)/t5-,6+/m1/s1. The fourth-order valence-corrected chi connectivity index (χ4v) is 0.953. The van der Waals surface area contributed by atoms with Gasteiger partial charge in [0.15, 0.2) is 0 Å². The molecule has 0 heterocycles. The number of rotatable bonds is 3. The summed E-state index contributed by atoms with van der Waals surface area (Å²) in [6.45, 7) is 3.59. The van der Waals surface area contributed by atoms with Gasteiger partial charge in [-0.1, -0.05) is 6.08 Å². The van der Waals surface area contributed by atoms with Gasteiger partial charge in [0.1, 0.15) is 0 Å². The highest BCUT2D eigenvalue weighted by molar-refractivity contribution is 5.80. The van der Waals surface area contributed by atoms with Gasteiger partial charge in [0.25, 0.3) is 0 Å². The number of hydroxylamine groups is 1. The lowest BCUT2D eigenvalue weighted by Crippen LogP contribution is -2.23. The van der Waals surface area contributed by atoms with Crippen molar-refractivity contribution in [2.45, 2.75) is 6.42 Å². The van der Waals surface area contributed by atoms with Gasteiger partial charge >= 0.3 is 0 Å². The van der Waals surface area contributed by atoms with E-state index in [1.807, 2.05) is 0 Å². The summed E-state index contributed by atoms with van der Waals surface area (Å²) in [7, 11) is 1.43. The second-order valence-corrected chi connectivity index (χ2v) is 2.41. The zero-order chi connectivity index (χ0) is 7.56. The lowest BCUT2D eigenvalue weighted by atomic mass is 10.3. The number of hydrogen-bond donors (Lipinski definition) is 1. The maximum absolute atomic E-state index is 10.9. The highest BCUT2D eigenvalue weighted by atomic mass is 16.6. The molecule has 0 aliphatic heterocycles. The van der Waals surface area contributed by atoms with Crippen molar-refractivity contribution in [2.24, 2.45) is 11.8 Å². The van der Waals surface area contributed by atoms with Crippen LogP contribution in [0.25, 0.3) is 0 Å². The summed E-state index contributed by atoms with van der Waals surface area (Å²) in [4.78, 5) is 15.4. The van der Waals surface area contributed by atoms with Crippen LogP contribution in [0.4, 0.5) is 0 Å². The SMILES string of the molecule is C=C[C@@H]1C[C@@H]1C(=O)NOC. The Morgan fingerprint density at radius 1 is 1.90 bits per heavy atom. The molecule has 1 fully saturated rings. The number of carbonyl (C=O) groups excluding carboxylic acids is 1. The van der Waals surface area contributed by atoms with Gasteiger partial charge in [0, 0.05) is 5.92 Å². The molecule has 0 bridgehead atoms. The molecule has 10 heavy (non-hydrogen) atoms. The van der Waals surface area contributed by atoms with Crippen molar-refractivity contribution in [1.82, 2.24) is 5.48 Å². The Bertz CT molecular complexity index is 156. The summed E-state index contributed by atoms with van der Waals surface area (Å²) < 4.78 is 0. The molecular formula is C7H11NO2. The molecule has 56 valence electrons. The summed E-state index contributed by atoms with van der Waals surface area (Å²) in [5, 5.41) is 0. The van der Waals surface area contributed by atoms with E-state index < -0.39 is 0 Å². The molecule has 1 aliphatic carbocycles. The monoisotopic (exact) mass is 141 g/mol. The van der Waals surface area contributed by atoms with Crippen LogP contribution in [0, 0.1) is 11.8 Å². The predicted octanol–water partition coefficient (Wildman–Crippen LogP) is 0.486. The molecule has 1 amide bonds. The zero-order valence-corrected chi connectivity index (χ0v) is 5.96. The van der Waals surface area contributed by atoms with E-state index in [4.69, 9.17) is 0 Å². The third-order valence-electron chi connectivity index (χ3n) is 1.68. The number of amides is 1. The molecule has 1 N–H and O–H groups in total. The molecule has 1 aliphatic rings. The molecule has 0 aromatic carbocycles. The lowest BCUT2D eigenvalue weighted by Gasteiger charge is -1.97. The summed E-state index contributed by atoms with van der Waals surface area (Å²) in [6, 6.07) is 0. The number of hydrogen-bond acceptors (Lipinski definition) is 2. The first-order chi connectivity index (χ1) is 4.79. The van der Waals surface area contributed by atoms with E-state index in [-0.39, 0.29) is 11.8 Å². The van der Waals surface area contributed by atoms with Crippen molar-refractivity contribution in [3.8, 4) is 0 Å². The van der Waals surface area contributed by atoms with Crippen LogP contribution < -0.4 is 5.48 Å². The quantitative estimate of drug-likeness (QED) is 0.458. The van der Waals surface area contributed by atoms with E-state index >= 15 is 0 Å². The molecule has 0 aromatic heterocycles. The van der Waals surface area contributed by atoms with Gasteiger partial charge < -0.3 is 0 Å². The smallest absolute Gasteiger partial charge is 0.247 e. The third kappa shape index (κ3) is 1.36. The van der Waals surface area contributed by atoms with Crippen molar-refractivity contribution in [2.75, 3.05) is 7.11 Å². The summed E-state index contributed by atoms with van der Waals surface area (Å²) in [5.41, 5.74) is 2.29. The zero-order valence-electron chi connectivity index (χ0n) is 5.96. The first-order valence-electron chi connectivity index (χ1n) is 3.25. The highest BCUT2D eigenvalue weighted by Crippen LogP contribution is 2.39. The van der Waals surface area contributed by atoms with Crippen molar-refractivity contribution in [1.29, 1.82) is 0 Å². The summed E-state index contributed by atoms with van der Waals surface area (Å²) in [5.74, 6) is 0.444. The van der Waals surface area contributed by atoms with Crippen molar-refractivity contribution in [3.63, 3.8) is 0 Å². The van der Waals surface area contributed by atoms with Crippen LogP contribution in [-0.2, 0) is 9.63 Å². The van der Waals surface area contributed by atoms with Gasteiger partial charge in [-0.25, -0.2) is 5.48 Å². The first-order valence-corrected chi connectivity index (χ1v) is 3.25. The predicted molar refractivity (Wildman–Crippen MR) is 36.9 cm³/mol. The number of carbonyl (C=O) groups is 1. The minimum atomic E-state index is -0.0348. The maximum Gasteiger partial charge on any atom is 0.247 e. The van der Waals surface area contributed by atoms with Crippen LogP contribution in [0.1, 0.15) is 6.42 Å². The van der Waals surface area contributed by atoms with Crippen molar-refractivity contribution in [3.05, 3.63) is 12.7 Å². The Hall–Kier alpha value is -0.830. The van der Waals surface area contributed by atoms with Gasteiger partial charge in [0.2, 0.25) is 5.91 Å². The third-order valence-corrected chi connectivity index (χ3v) is 1.68. The van der Waals surface area contributed by atoms with E-state index in [1.165, 1.54) is 7.11 Å². The van der Waals surface area contributed by atoms with Crippen LogP contribution in [0.2, 0.25) is 0 Å². The molecule has 1 saturated carbocycles. The highest BCUT2D eigenvalue weighted by Gasteiger charge is 2.40. The molecule has 0 spiro atoms. The van der Waals surface area contributed by atoms with Crippen LogP contribution >= 0.6 is 0 Å². The van der Waals surface area contributed by atoms with Crippen LogP contribution in [0.3, 0.4) is 0 Å². The molecule has 0 unspecified atom stereocenters. The molecule has 0 radical (unpaired) electrons. The second kappa shape index (κ2) is 2.84. The van der Waals surface area contributed by atoms with Crippen molar-refractivity contribution < 1.29 is 9.63 Å². The van der Waals surface area contributed by atoms with Crippen molar-refractivity contribution >= 4 is 5.91 Å². The molecule has 1 rings (SSSR count). The Kier molecular flexibility index (Phi) is 2.06. The number of nitrogens with one attached hydrogen (secondary N) is 1. The average Bonchev–Trinajstić information content (AvgIpc) is 2.66. The Morgan fingerprint density at radius 3 is 3.00 bits per heavy atom. The topological polar surface area (TPSA) is 38.3 Å². The van der Waals surface area contributed by atoms with E-state index in [1.54, 1.807) is 6.08 Å². The Balaban J connectivity index is 2.25. The van der Waals surface area contributed by atoms with Crippen LogP contribution in [0.5, 0.6) is 0 Å². The second-order valence-electron chi connectivity index (χ2n) is 2.41. The Labute approximate surface area is 60.0 Å². The summed E-state index contributed by atoms with van der Waals surface area (Å²) in [6.07, 6.45) is 2.72. The fraction of sp³-hybridized carbons (Fsp3) is 0.571. The van der Waals surface area contributed by atoms with Gasteiger partial charge in [-0.3, -0.25) is 9.63 Å². The molecule has 3 heteroatoms. The van der Waals surface area contributed by atoms with Gasteiger partial charge in [0.05, 0.1) is 7.11 Å². The molecule has 2 atom stereocenters. The van der Waals surface area contributed by atoms with E-state index in [0.29, 0.717) is 5.92 Å². The molecule has 0 saturated heterocycles. The van der Waals surface area contributed by atoms with Crippen LogP contribution in [0.15, 0.2) is 12.7 Å². The summed E-state index contributed by atoms with van der Waals surface area (Å²) >= 11 is 0. The van der Waals surface area contributed by atoms with Gasteiger partial charge in [-0.2, -0.15) is 0 Å². The van der Waals surface area contributed by atoms with Crippen LogP contribution in [-0.4, -0.2) is 13.0 Å². The minimum Gasteiger partial charge on any atom is -0.277 e. The van der Waals surface area contributed by atoms with Gasteiger partial charge in [-0.15, -0.1) is 6.58 Å². The normalized spacial score (nSPS) is 29.3.